The van der Waals surface area contributed by atoms with E-state index in [4.69, 9.17) is 27.9 Å². The molecular weight excluding hydrogens is 307 g/mol. The van der Waals surface area contributed by atoms with Gasteiger partial charge in [-0.3, -0.25) is 0 Å². The summed E-state index contributed by atoms with van der Waals surface area (Å²) < 4.78 is 5.69. The number of halogens is 2. The van der Waals surface area contributed by atoms with Crippen LogP contribution < -0.4 is 10.1 Å². The van der Waals surface area contributed by atoms with E-state index >= 15 is 0 Å². The van der Waals surface area contributed by atoms with Gasteiger partial charge in [0.1, 0.15) is 6.61 Å². The lowest BCUT2D eigenvalue weighted by Crippen LogP contribution is -2.22. The quantitative estimate of drug-likeness (QED) is 0.851. The van der Waals surface area contributed by atoms with Crippen molar-refractivity contribution in [2.75, 3.05) is 0 Å². The van der Waals surface area contributed by atoms with Gasteiger partial charge in [0.05, 0.1) is 5.02 Å². The van der Waals surface area contributed by atoms with Gasteiger partial charge in [0, 0.05) is 29.9 Å². The van der Waals surface area contributed by atoms with E-state index in [1.165, 1.54) is 0 Å². The highest BCUT2D eigenvalue weighted by molar-refractivity contribution is 6.31. The first-order chi connectivity index (χ1) is 10.0. The van der Waals surface area contributed by atoms with Crippen molar-refractivity contribution in [3.05, 3.63) is 57.7 Å². The molecule has 0 saturated carbocycles. The zero-order valence-electron chi connectivity index (χ0n) is 12.1. The lowest BCUT2D eigenvalue weighted by molar-refractivity contribution is 0.293. The first kappa shape index (κ1) is 16.1. The van der Waals surface area contributed by atoms with Gasteiger partial charge in [0.25, 0.3) is 0 Å². The van der Waals surface area contributed by atoms with Gasteiger partial charge in [-0.05, 0) is 23.3 Å². The molecule has 0 aliphatic heterocycles. The maximum Gasteiger partial charge on any atom is 0.213 e. The highest BCUT2D eigenvalue weighted by Gasteiger charge is 2.06. The summed E-state index contributed by atoms with van der Waals surface area (Å²) in [6.45, 7) is 5.29. The highest BCUT2D eigenvalue weighted by atomic mass is 35.5. The Morgan fingerprint density at radius 3 is 2.76 bits per heavy atom. The molecule has 2 rings (SSSR count). The summed E-state index contributed by atoms with van der Waals surface area (Å²) >= 11 is 12.1. The van der Waals surface area contributed by atoms with Crippen molar-refractivity contribution in [2.24, 2.45) is 0 Å². The molecule has 3 nitrogen and oxygen atoms in total. The number of benzene rings is 1. The Balaban J connectivity index is 2.01. The molecule has 0 bridgehead atoms. The Labute approximate surface area is 135 Å². The fraction of sp³-hybridized carbons (Fsp3) is 0.312. The van der Waals surface area contributed by atoms with Crippen molar-refractivity contribution in [1.82, 2.24) is 10.3 Å². The van der Waals surface area contributed by atoms with Crippen LogP contribution in [0.5, 0.6) is 5.88 Å². The third-order valence-electron chi connectivity index (χ3n) is 2.89. The predicted molar refractivity (Wildman–Crippen MR) is 87.0 cm³/mol. The summed E-state index contributed by atoms with van der Waals surface area (Å²) in [4.78, 5) is 4.19. The zero-order chi connectivity index (χ0) is 15.2. The number of aromatic nitrogens is 1. The number of nitrogens with one attached hydrogen (secondary N) is 1. The zero-order valence-corrected chi connectivity index (χ0v) is 13.6. The van der Waals surface area contributed by atoms with Gasteiger partial charge >= 0.3 is 0 Å². The second-order valence-corrected chi connectivity index (χ2v) is 5.91. The molecule has 0 atom stereocenters. The Hall–Kier alpha value is -1.29. The molecule has 0 radical (unpaired) electrons. The van der Waals surface area contributed by atoms with E-state index in [0.717, 1.165) is 11.1 Å². The minimum atomic E-state index is 0.394. The first-order valence-electron chi connectivity index (χ1n) is 6.79. The monoisotopic (exact) mass is 324 g/mol. The van der Waals surface area contributed by atoms with Crippen LogP contribution in [0.25, 0.3) is 0 Å². The minimum Gasteiger partial charge on any atom is -0.473 e. The molecule has 2 aromatic rings. The molecule has 0 aliphatic rings. The summed E-state index contributed by atoms with van der Waals surface area (Å²) in [5, 5.41) is 4.66. The van der Waals surface area contributed by atoms with Gasteiger partial charge in [-0.15, -0.1) is 0 Å². The summed E-state index contributed by atoms with van der Waals surface area (Å²) in [7, 11) is 0. The average Bonchev–Trinajstić information content (AvgIpc) is 2.45. The smallest absolute Gasteiger partial charge is 0.213 e. The number of hydrogen-bond acceptors (Lipinski definition) is 3. The molecule has 0 spiro atoms. The van der Waals surface area contributed by atoms with Crippen LogP contribution in [0.15, 0.2) is 36.5 Å². The van der Waals surface area contributed by atoms with Crippen molar-refractivity contribution in [2.45, 2.75) is 33.0 Å². The summed E-state index contributed by atoms with van der Waals surface area (Å²) in [5.41, 5.74) is 1.97. The molecule has 1 aromatic carbocycles. The molecular formula is C16H18Cl2N2O. The lowest BCUT2D eigenvalue weighted by Gasteiger charge is -2.11. The average molecular weight is 325 g/mol. The highest BCUT2D eigenvalue weighted by Crippen LogP contribution is 2.20. The third-order valence-corrected chi connectivity index (χ3v) is 3.46. The largest absolute Gasteiger partial charge is 0.473 e. The minimum absolute atomic E-state index is 0.394. The van der Waals surface area contributed by atoms with Crippen LogP contribution in [0, 0.1) is 0 Å². The van der Waals surface area contributed by atoms with E-state index in [1.807, 2.05) is 30.3 Å². The second-order valence-electron chi connectivity index (χ2n) is 5.07. The van der Waals surface area contributed by atoms with E-state index in [1.54, 1.807) is 6.20 Å². The second kappa shape index (κ2) is 7.64. The fourth-order valence-electron chi connectivity index (χ4n) is 1.77. The fourth-order valence-corrected chi connectivity index (χ4v) is 2.15. The predicted octanol–water partition coefficient (Wildman–Crippen LogP) is 4.47. The van der Waals surface area contributed by atoms with E-state index in [2.05, 4.69) is 24.1 Å². The van der Waals surface area contributed by atoms with Gasteiger partial charge < -0.3 is 10.1 Å². The third kappa shape index (κ3) is 5.20. The number of rotatable bonds is 6. The number of pyridine rings is 1. The molecule has 0 fully saturated rings. The van der Waals surface area contributed by atoms with Gasteiger partial charge in [0.15, 0.2) is 0 Å². The van der Waals surface area contributed by atoms with Crippen LogP contribution in [0.3, 0.4) is 0 Å². The Kier molecular flexibility index (Phi) is 5.85. The molecule has 0 amide bonds. The molecule has 1 heterocycles. The molecule has 1 aromatic heterocycles. The molecule has 112 valence electrons. The van der Waals surface area contributed by atoms with Crippen LogP contribution >= 0.6 is 23.2 Å². The Bertz CT molecular complexity index is 603. The summed E-state index contributed by atoms with van der Waals surface area (Å²) in [5.74, 6) is 0.555. The lowest BCUT2D eigenvalue weighted by atomic mass is 10.2. The molecule has 0 saturated heterocycles. The molecule has 0 unspecified atom stereocenters. The summed E-state index contributed by atoms with van der Waals surface area (Å²) in [6, 6.07) is 9.82. The maximum atomic E-state index is 6.14. The van der Waals surface area contributed by atoms with Gasteiger partial charge in [-0.2, -0.15) is 0 Å². The van der Waals surface area contributed by atoms with Crippen molar-refractivity contribution in [1.29, 1.82) is 0 Å². The van der Waals surface area contributed by atoms with Crippen LogP contribution in [0.2, 0.25) is 10.0 Å². The Morgan fingerprint density at radius 2 is 2.05 bits per heavy atom. The Morgan fingerprint density at radius 1 is 1.24 bits per heavy atom. The number of hydrogen-bond donors (Lipinski definition) is 1. The topological polar surface area (TPSA) is 34.1 Å². The number of ether oxygens (including phenoxy) is 1. The van der Waals surface area contributed by atoms with Gasteiger partial charge in [0.2, 0.25) is 5.88 Å². The van der Waals surface area contributed by atoms with Crippen molar-refractivity contribution < 1.29 is 4.74 Å². The molecule has 21 heavy (non-hydrogen) atoms. The van der Waals surface area contributed by atoms with E-state index < -0.39 is 0 Å². The van der Waals surface area contributed by atoms with E-state index in [9.17, 15) is 0 Å². The van der Waals surface area contributed by atoms with Gasteiger partial charge in [-0.1, -0.05) is 49.2 Å². The van der Waals surface area contributed by atoms with Crippen molar-refractivity contribution >= 4 is 23.2 Å². The summed E-state index contributed by atoms with van der Waals surface area (Å²) in [6.07, 6.45) is 1.62. The number of nitrogens with zero attached hydrogens (tertiary/aromatic N) is 1. The van der Waals surface area contributed by atoms with Crippen LogP contribution in [0.1, 0.15) is 25.0 Å². The first-order valence-corrected chi connectivity index (χ1v) is 7.55. The standard InChI is InChI=1S/C16H18Cl2N2O/c1-11(2)19-8-13-7-16(20-9-15(13)18)21-10-12-4-3-5-14(17)6-12/h3-7,9,11,19H,8,10H2,1-2H3. The molecule has 1 N–H and O–H groups in total. The van der Waals surface area contributed by atoms with Crippen LogP contribution in [0.4, 0.5) is 0 Å². The van der Waals surface area contributed by atoms with Gasteiger partial charge in [-0.25, -0.2) is 4.98 Å². The van der Waals surface area contributed by atoms with Crippen LogP contribution in [-0.2, 0) is 13.2 Å². The van der Waals surface area contributed by atoms with Crippen LogP contribution in [-0.4, -0.2) is 11.0 Å². The van der Waals surface area contributed by atoms with E-state index in [0.29, 0.717) is 35.1 Å². The normalized spacial score (nSPS) is 10.9. The van der Waals surface area contributed by atoms with Crippen molar-refractivity contribution in [3.8, 4) is 5.88 Å². The van der Waals surface area contributed by atoms with E-state index in [-0.39, 0.29) is 0 Å². The van der Waals surface area contributed by atoms with Crippen molar-refractivity contribution in [3.63, 3.8) is 0 Å². The molecule has 0 aliphatic carbocycles. The molecule has 5 heteroatoms. The SMILES string of the molecule is CC(C)NCc1cc(OCc2cccc(Cl)c2)ncc1Cl. The maximum absolute atomic E-state index is 6.14.